The van der Waals surface area contributed by atoms with Crippen molar-refractivity contribution >= 4 is 10.8 Å². The van der Waals surface area contributed by atoms with Crippen LogP contribution in [0.25, 0.3) is 10.8 Å². The van der Waals surface area contributed by atoms with Crippen molar-refractivity contribution in [3.8, 4) is 0 Å². The van der Waals surface area contributed by atoms with Gasteiger partial charge in [0.25, 0.3) is 5.92 Å². The second kappa shape index (κ2) is 4.82. The summed E-state index contributed by atoms with van der Waals surface area (Å²) in [5.41, 5.74) is 0.157. The first-order chi connectivity index (χ1) is 8.15. The second-order valence-electron chi connectivity index (χ2n) is 4.33. The minimum Gasteiger partial charge on any atom is -0.201 e. The van der Waals surface area contributed by atoms with Crippen molar-refractivity contribution in [2.24, 2.45) is 0 Å². The molecule has 0 aliphatic rings. The van der Waals surface area contributed by atoms with E-state index in [0.717, 1.165) is 11.8 Å². The summed E-state index contributed by atoms with van der Waals surface area (Å²) in [6, 6.07) is 12.4. The predicted molar refractivity (Wildman–Crippen MR) is 67.4 cm³/mol. The Morgan fingerprint density at radius 1 is 1.00 bits per heavy atom. The number of halogens is 2. The van der Waals surface area contributed by atoms with E-state index in [1.165, 1.54) is 6.07 Å². The van der Waals surface area contributed by atoms with Gasteiger partial charge in [-0.05, 0) is 17.2 Å². The third kappa shape index (κ3) is 2.46. The van der Waals surface area contributed by atoms with Crippen LogP contribution in [0.5, 0.6) is 0 Å². The van der Waals surface area contributed by atoms with Gasteiger partial charge in [0, 0.05) is 12.0 Å². The van der Waals surface area contributed by atoms with Gasteiger partial charge in [-0.25, -0.2) is 8.78 Å². The van der Waals surface area contributed by atoms with Gasteiger partial charge in [-0.3, -0.25) is 0 Å². The summed E-state index contributed by atoms with van der Waals surface area (Å²) in [7, 11) is 0. The number of fused-ring (bicyclic) bond motifs is 1. The largest absolute Gasteiger partial charge is 0.273 e. The molecule has 0 fully saturated rings. The molecule has 0 heterocycles. The maximum absolute atomic E-state index is 14.1. The first kappa shape index (κ1) is 12.0. The maximum atomic E-state index is 14.1. The third-order valence-electron chi connectivity index (χ3n) is 3.03. The molecule has 2 aromatic carbocycles. The minimum absolute atomic E-state index is 0.0719. The SMILES string of the molecule is CCCCC(F)(F)c1cccc2ccccc12. The van der Waals surface area contributed by atoms with E-state index in [1.54, 1.807) is 12.1 Å². The van der Waals surface area contributed by atoms with Gasteiger partial charge >= 0.3 is 0 Å². The van der Waals surface area contributed by atoms with E-state index in [9.17, 15) is 8.78 Å². The molecule has 90 valence electrons. The zero-order chi connectivity index (χ0) is 12.3. The number of alkyl halides is 2. The van der Waals surface area contributed by atoms with E-state index in [-0.39, 0.29) is 12.0 Å². The predicted octanol–water partition coefficient (Wildman–Crippen LogP) is 5.12. The standard InChI is InChI=1S/C15H16F2/c1-2-3-11-15(16,17)14-10-6-8-12-7-4-5-9-13(12)14/h4-10H,2-3,11H2,1H3. The smallest absolute Gasteiger partial charge is 0.201 e. The summed E-state index contributed by atoms with van der Waals surface area (Å²) in [4.78, 5) is 0. The minimum atomic E-state index is -2.73. The van der Waals surface area contributed by atoms with Gasteiger partial charge in [-0.15, -0.1) is 0 Å². The molecule has 0 radical (unpaired) electrons. The quantitative estimate of drug-likeness (QED) is 0.688. The van der Waals surface area contributed by atoms with Gasteiger partial charge in [-0.2, -0.15) is 0 Å². The molecule has 2 rings (SSSR count). The summed E-state index contributed by atoms with van der Waals surface area (Å²) >= 11 is 0. The summed E-state index contributed by atoms with van der Waals surface area (Å²) in [6.07, 6.45) is 1.27. The van der Waals surface area contributed by atoms with E-state index in [2.05, 4.69) is 0 Å². The first-order valence-corrected chi connectivity index (χ1v) is 6.01. The van der Waals surface area contributed by atoms with E-state index in [4.69, 9.17) is 0 Å². The van der Waals surface area contributed by atoms with Crippen LogP contribution in [0.2, 0.25) is 0 Å². The van der Waals surface area contributed by atoms with Crippen LogP contribution in [-0.4, -0.2) is 0 Å². The van der Waals surface area contributed by atoms with Gasteiger partial charge in [0.2, 0.25) is 0 Å². The van der Waals surface area contributed by atoms with Gasteiger partial charge in [-0.1, -0.05) is 55.8 Å². The highest BCUT2D eigenvalue weighted by Crippen LogP contribution is 2.37. The molecule has 0 atom stereocenters. The lowest BCUT2D eigenvalue weighted by molar-refractivity contribution is -0.0138. The van der Waals surface area contributed by atoms with Crippen LogP contribution in [0.4, 0.5) is 8.78 Å². The number of rotatable bonds is 4. The molecule has 0 spiro atoms. The highest BCUT2D eigenvalue weighted by atomic mass is 19.3. The average molecular weight is 234 g/mol. The van der Waals surface area contributed by atoms with Crippen molar-refractivity contribution in [3.63, 3.8) is 0 Å². The second-order valence-corrected chi connectivity index (χ2v) is 4.33. The number of hydrogen-bond donors (Lipinski definition) is 0. The van der Waals surface area contributed by atoms with Crippen LogP contribution < -0.4 is 0 Å². The van der Waals surface area contributed by atoms with Gasteiger partial charge < -0.3 is 0 Å². The molecule has 2 aromatic rings. The summed E-state index contributed by atoms with van der Waals surface area (Å²) in [5, 5.41) is 1.54. The molecular formula is C15H16F2. The van der Waals surface area contributed by atoms with Crippen LogP contribution in [0, 0.1) is 0 Å². The zero-order valence-corrected chi connectivity index (χ0v) is 9.92. The summed E-state index contributed by atoms with van der Waals surface area (Å²) in [5.74, 6) is -2.73. The van der Waals surface area contributed by atoms with Crippen LogP contribution >= 0.6 is 0 Å². The van der Waals surface area contributed by atoms with E-state index in [0.29, 0.717) is 11.8 Å². The maximum Gasteiger partial charge on any atom is 0.273 e. The third-order valence-corrected chi connectivity index (χ3v) is 3.03. The average Bonchev–Trinajstić information content (AvgIpc) is 2.36. The molecule has 0 N–H and O–H groups in total. The highest BCUT2D eigenvalue weighted by Gasteiger charge is 2.31. The molecule has 0 bridgehead atoms. The van der Waals surface area contributed by atoms with Crippen molar-refractivity contribution in [3.05, 3.63) is 48.0 Å². The Bertz CT molecular complexity index is 498. The van der Waals surface area contributed by atoms with Crippen molar-refractivity contribution < 1.29 is 8.78 Å². The molecular weight excluding hydrogens is 218 g/mol. The molecule has 0 unspecified atom stereocenters. The van der Waals surface area contributed by atoms with Crippen LogP contribution in [-0.2, 0) is 5.92 Å². The van der Waals surface area contributed by atoms with Crippen molar-refractivity contribution in [1.82, 2.24) is 0 Å². The Balaban J connectivity index is 2.47. The molecule has 0 nitrogen and oxygen atoms in total. The van der Waals surface area contributed by atoms with Crippen molar-refractivity contribution in [2.75, 3.05) is 0 Å². The Morgan fingerprint density at radius 3 is 2.47 bits per heavy atom. The molecule has 0 saturated carbocycles. The molecule has 0 saturated heterocycles. The topological polar surface area (TPSA) is 0 Å². The van der Waals surface area contributed by atoms with Crippen LogP contribution in [0.3, 0.4) is 0 Å². The van der Waals surface area contributed by atoms with Crippen molar-refractivity contribution in [1.29, 1.82) is 0 Å². The molecule has 0 amide bonds. The number of benzene rings is 2. The van der Waals surface area contributed by atoms with Gasteiger partial charge in [0.15, 0.2) is 0 Å². The van der Waals surface area contributed by atoms with Crippen LogP contribution in [0.1, 0.15) is 31.7 Å². The molecule has 0 aliphatic carbocycles. The molecule has 0 aromatic heterocycles. The van der Waals surface area contributed by atoms with Crippen LogP contribution in [0.15, 0.2) is 42.5 Å². The Kier molecular flexibility index (Phi) is 3.41. The number of hydrogen-bond acceptors (Lipinski definition) is 0. The lowest BCUT2D eigenvalue weighted by Crippen LogP contribution is -2.13. The van der Waals surface area contributed by atoms with E-state index < -0.39 is 5.92 Å². The summed E-state index contributed by atoms with van der Waals surface area (Å²) < 4.78 is 28.1. The Morgan fingerprint density at radius 2 is 1.71 bits per heavy atom. The van der Waals surface area contributed by atoms with E-state index in [1.807, 2.05) is 31.2 Å². The monoisotopic (exact) mass is 234 g/mol. The zero-order valence-electron chi connectivity index (χ0n) is 9.92. The normalized spacial score (nSPS) is 11.9. The van der Waals surface area contributed by atoms with Gasteiger partial charge in [0.05, 0.1) is 0 Å². The lowest BCUT2D eigenvalue weighted by Gasteiger charge is -2.18. The molecule has 17 heavy (non-hydrogen) atoms. The van der Waals surface area contributed by atoms with E-state index >= 15 is 0 Å². The number of unbranched alkanes of at least 4 members (excludes halogenated alkanes) is 1. The Hall–Kier alpha value is -1.44. The first-order valence-electron chi connectivity index (χ1n) is 6.01. The molecule has 0 aliphatic heterocycles. The fraction of sp³-hybridized carbons (Fsp3) is 0.333. The Labute approximate surface area is 100 Å². The van der Waals surface area contributed by atoms with Crippen molar-refractivity contribution in [2.45, 2.75) is 32.1 Å². The fourth-order valence-electron chi connectivity index (χ4n) is 2.08. The van der Waals surface area contributed by atoms with Gasteiger partial charge in [0.1, 0.15) is 0 Å². The lowest BCUT2D eigenvalue weighted by atomic mass is 9.96. The highest BCUT2D eigenvalue weighted by molar-refractivity contribution is 5.86. The summed E-state index contributed by atoms with van der Waals surface area (Å²) in [6.45, 7) is 1.93. The molecule has 2 heteroatoms. The fourth-order valence-corrected chi connectivity index (χ4v) is 2.08.